The number of carbonyl (C=O) groups excluding carboxylic acids is 3. The summed E-state index contributed by atoms with van der Waals surface area (Å²) in [6.45, 7) is 1.85. The van der Waals surface area contributed by atoms with Crippen LogP contribution in [0.15, 0.2) is 24.5 Å². The lowest BCUT2D eigenvalue weighted by molar-refractivity contribution is -0.158. The molecule has 0 N–H and O–H groups in total. The Morgan fingerprint density at radius 2 is 1.80 bits per heavy atom. The highest BCUT2D eigenvalue weighted by Crippen LogP contribution is 2.38. The molecule has 0 spiro atoms. The molecule has 2 fully saturated rings. The largest absolute Gasteiger partial charge is 0.464 e. The number of carbonyl (C=O) groups is 3. The van der Waals surface area contributed by atoms with Crippen LogP contribution in [0.25, 0.3) is 0 Å². The van der Waals surface area contributed by atoms with Crippen LogP contribution in [0.2, 0.25) is 0 Å². The van der Waals surface area contributed by atoms with Gasteiger partial charge in [-0.15, -0.1) is 0 Å². The van der Waals surface area contributed by atoms with Crippen LogP contribution >= 0.6 is 0 Å². The first-order valence-electron chi connectivity index (χ1n) is 9.02. The maximum Gasteiger partial charge on any atom is 0.329 e. The van der Waals surface area contributed by atoms with Crippen LogP contribution in [-0.4, -0.2) is 40.3 Å². The lowest BCUT2D eigenvalue weighted by Gasteiger charge is -2.21. The monoisotopic (exact) mass is 344 g/mol. The van der Waals surface area contributed by atoms with Gasteiger partial charge in [-0.2, -0.15) is 0 Å². The fourth-order valence-corrected chi connectivity index (χ4v) is 3.79. The molecule has 6 nitrogen and oxygen atoms in total. The Bertz CT molecular complexity index is 622. The molecule has 1 saturated heterocycles. The lowest BCUT2D eigenvalue weighted by atomic mass is 9.81. The van der Waals surface area contributed by atoms with Crippen molar-refractivity contribution in [1.82, 2.24) is 9.88 Å². The van der Waals surface area contributed by atoms with Crippen LogP contribution in [0.4, 0.5) is 0 Å². The predicted octanol–water partition coefficient (Wildman–Crippen LogP) is 2.12. The average Bonchev–Trinajstić information content (AvgIpc) is 2.90. The Morgan fingerprint density at radius 3 is 2.40 bits per heavy atom. The summed E-state index contributed by atoms with van der Waals surface area (Å²) in [4.78, 5) is 42.4. The van der Waals surface area contributed by atoms with Crippen molar-refractivity contribution in [1.29, 1.82) is 0 Å². The molecule has 1 aliphatic heterocycles. The SMILES string of the molecule is CC(C(=O)OCCCc1ccncc1)N1C(=O)C2CCCCC2C1=O. The number of nitrogens with zero attached hydrogens (tertiary/aromatic N) is 2. The van der Waals surface area contributed by atoms with Gasteiger partial charge in [0.25, 0.3) is 0 Å². The molecule has 0 bridgehead atoms. The maximum absolute atomic E-state index is 12.5. The number of likely N-dealkylation sites (tertiary alicyclic amines) is 1. The summed E-state index contributed by atoms with van der Waals surface area (Å²) in [7, 11) is 0. The minimum Gasteiger partial charge on any atom is -0.464 e. The molecule has 2 heterocycles. The minimum atomic E-state index is -0.841. The standard InChI is InChI=1S/C19H24N2O4/c1-13(19(24)25-12-4-5-14-8-10-20-11-9-14)21-17(22)15-6-2-3-7-16(15)18(21)23/h8-11,13,15-16H,2-7,12H2,1H3. The smallest absolute Gasteiger partial charge is 0.329 e. The van der Waals surface area contributed by atoms with Gasteiger partial charge in [-0.3, -0.25) is 19.5 Å². The van der Waals surface area contributed by atoms with E-state index in [9.17, 15) is 14.4 Å². The van der Waals surface area contributed by atoms with Gasteiger partial charge >= 0.3 is 5.97 Å². The second-order valence-corrected chi connectivity index (χ2v) is 6.85. The summed E-state index contributed by atoms with van der Waals surface area (Å²) in [6, 6.07) is 3.01. The molecule has 1 aromatic heterocycles. The van der Waals surface area contributed by atoms with E-state index in [0.717, 1.165) is 42.6 Å². The van der Waals surface area contributed by atoms with Gasteiger partial charge in [-0.05, 0) is 50.3 Å². The van der Waals surface area contributed by atoms with E-state index in [0.29, 0.717) is 6.42 Å². The molecule has 0 aromatic carbocycles. The third kappa shape index (κ3) is 3.72. The van der Waals surface area contributed by atoms with E-state index in [1.54, 1.807) is 19.3 Å². The van der Waals surface area contributed by atoms with Crippen molar-refractivity contribution >= 4 is 17.8 Å². The van der Waals surface area contributed by atoms with Crippen molar-refractivity contribution in [3.63, 3.8) is 0 Å². The summed E-state index contributed by atoms with van der Waals surface area (Å²) in [5, 5.41) is 0. The zero-order valence-electron chi connectivity index (χ0n) is 14.5. The predicted molar refractivity (Wildman–Crippen MR) is 90.3 cm³/mol. The molecule has 3 rings (SSSR count). The summed E-state index contributed by atoms with van der Waals surface area (Å²) in [6.07, 6.45) is 8.38. The number of fused-ring (bicyclic) bond motifs is 1. The summed E-state index contributed by atoms with van der Waals surface area (Å²) >= 11 is 0. The number of pyridine rings is 1. The number of hydrogen-bond donors (Lipinski definition) is 0. The molecule has 3 atom stereocenters. The number of hydrogen-bond acceptors (Lipinski definition) is 5. The van der Waals surface area contributed by atoms with E-state index in [-0.39, 0.29) is 30.3 Å². The molecule has 25 heavy (non-hydrogen) atoms. The summed E-state index contributed by atoms with van der Waals surface area (Å²) in [5.74, 6) is -1.37. The third-order valence-corrected chi connectivity index (χ3v) is 5.21. The molecule has 2 amide bonds. The Hall–Kier alpha value is -2.24. The zero-order valence-corrected chi connectivity index (χ0v) is 14.5. The highest BCUT2D eigenvalue weighted by atomic mass is 16.5. The lowest BCUT2D eigenvalue weighted by Crippen LogP contribution is -2.44. The quantitative estimate of drug-likeness (QED) is 0.449. The van der Waals surface area contributed by atoms with Crippen molar-refractivity contribution in [2.45, 2.75) is 51.5 Å². The normalized spacial score (nSPS) is 24.1. The van der Waals surface area contributed by atoms with E-state index in [4.69, 9.17) is 4.74 Å². The number of ether oxygens (including phenoxy) is 1. The Balaban J connectivity index is 1.50. The third-order valence-electron chi connectivity index (χ3n) is 5.21. The van der Waals surface area contributed by atoms with Crippen LogP contribution in [0.5, 0.6) is 0 Å². The fourth-order valence-electron chi connectivity index (χ4n) is 3.79. The molecule has 0 radical (unpaired) electrons. The van der Waals surface area contributed by atoms with Crippen molar-refractivity contribution in [2.24, 2.45) is 11.8 Å². The number of rotatable bonds is 6. The van der Waals surface area contributed by atoms with E-state index in [1.807, 2.05) is 12.1 Å². The first kappa shape index (κ1) is 17.6. The summed E-state index contributed by atoms with van der Waals surface area (Å²) < 4.78 is 5.29. The average molecular weight is 344 g/mol. The highest BCUT2D eigenvalue weighted by molar-refractivity contribution is 6.07. The molecular formula is C19H24N2O4. The minimum absolute atomic E-state index is 0.198. The van der Waals surface area contributed by atoms with Crippen LogP contribution < -0.4 is 0 Å². The number of imide groups is 1. The van der Waals surface area contributed by atoms with Gasteiger partial charge in [0.15, 0.2) is 0 Å². The van der Waals surface area contributed by atoms with E-state index >= 15 is 0 Å². The fraction of sp³-hybridized carbons (Fsp3) is 0.579. The zero-order chi connectivity index (χ0) is 17.8. The van der Waals surface area contributed by atoms with E-state index < -0.39 is 12.0 Å². The second kappa shape index (κ2) is 7.76. The first-order valence-corrected chi connectivity index (χ1v) is 9.02. The van der Waals surface area contributed by atoms with E-state index in [2.05, 4.69) is 4.98 Å². The Kier molecular flexibility index (Phi) is 5.46. The molecule has 2 aliphatic rings. The number of aryl methyl sites for hydroxylation is 1. The van der Waals surface area contributed by atoms with Crippen LogP contribution in [-0.2, 0) is 25.5 Å². The summed E-state index contributed by atoms with van der Waals surface area (Å²) in [5.41, 5.74) is 1.13. The van der Waals surface area contributed by atoms with Crippen molar-refractivity contribution in [3.8, 4) is 0 Å². The number of esters is 1. The first-order chi connectivity index (χ1) is 12.1. The number of aromatic nitrogens is 1. The molecular weight excluding hydrogens is 320 g/mol. The molecule has 1 aromatic rings. The van der Waals surface area contributed by atoms with Gasteiger partial charge in [0.1, 0.15) is 6.04 Å². The molecule has 3 unspecified atom stereocenters. The molecule has 134 valence electrons. The van der Waals surface area contributed by atoms with Gasteiger partial charge in [0, 0.05) is 12.4 Å². The maximum atomic E-state index is 12.5. The molecule has 1 saturated carbocycles. The Morgan fingerprint density at radius 1 is 1.20 bits per heavy atom. The second-order valence-electron chi connectivity index (χ2n) is 6.85. The van der Waals surface area contributed by atoms with Gasteiger partial charge < -0.3 is 4.74 Å². The van der Waals surface area contributed by atoms with Crippen LogP contribution in [0.1, 0.15) is 44.6 Å². The van der Waals surface area contributed by atoms with Crippen molar-refractivity contribution < 1.29 is 19.1 Å². The van der Waals surface area contributed by atoms with Gasteiger partial charge in [0.05, 0.1) is 18.4 Å². The van der Waals surface area contributed by atoms with Gasteiger partial charge in [-0.1, -0.05) is 12.8 Å². The molecule has 1 aliphatic carbocycles. The number of amides is 2. The van der Waals surface area contributed by atoms with Gasteiger partial charge in [0.2, 0.25) is 11.8 Å². The van der Waals surface area contributed by atoms with Crippen LogP contribution in [0, 0.1) is 11.8 Å². The van der Waals surface area contributed by atoms with Gasteiger partial charge in [-0.25, -0.2) is 4.79 Å². The van der Waals surface area contributed by atoms with E-state index in [1.165, 1.54) is 0 Å². The van der Waals surface area contributed by atoms with Crippen LogP contribution in [0.3, 0.4) is 0 Å². The van der Waals surface area contributed by atoms with Crippen molar-refractivity contribution in [3.05, 3.63) is 30.1 Å². The highest BCUT2D eigenvalue weighted by Gasteiger charge is 2.51. The van der Waals surface area contributed by atoms with Crippen molar-refractivity contribution in [2.75, 3.05) is 6.61 Å². The Labute approximate surface area is 147 Å². The molecule has 6 heteroatoms. The topological polar surface area (TPSA) is 76.6 Å².